The lowest BCUT2D eigenvalue weighted by Gasteiger charge is -1.87. The van der Waals surface area contributed by atoms with Gasteiger partial charge >= 0.3 is 0 Å². The third kappa shape index (κ3) is 1.64. The number of para-hydroxylation sites is 1. The fourth-order valence-electron chi connectivity index (χ4n) is 1.21. The lowest BCUT2D eigenvalue weighted by molar-refractivity contribution is 0.0989. The maximum atomic E-state index is 11.3. The first kappa shape index (κ1) is 9.87. The van der Waals surface area contributed by atoms with Crippen LogP contribution in [-0.2, 0) is 0 Å². The summed E-state index contributed by atoms with van der Waals surface area (Å²) in [6.07, 6.45) is 0. The molecule has 0 aliphatic carbocycles. The van der Waals surface area contributed by atoms with Gasteiger partial charge in [-0.2, -0.15) is 5.26 Å². The number of alkyl halides is 1. The molecule has 0 amide bonds. The molecule has 0 aliphatic heterocycles. The number of hydrogen-bond acceptors (Lipinski definition) is 4. The van der Waals surface area contributed by atoms with E-state index < -0.39 is 0 Å². The monoisotopic (exact) mass is 264 g/mol. The van der Waals surface area contributed by atoms with Crippen molar-refractivity contribution in [2.45, 2.75) is 0 Å². The van der Waals surface area contributed by atoms with Crippen LogP contribution in [0.5, 0.6) is 0 Å². The maximum absolute atomic E-state index is 11.3. The van der Waals surface area contributed by atoms with Crippen molar-refractivity contribution in [3.05, 3.63) is 29.7 Å². The van der Waals surface area contributed by atoms with Crippen molar-refractivity contribution < 1.29 is 9.21 Å². The minimum absolute atomic E-state index is 0.0320. The molecule has 15 heavy (non-hydrogen) atoms. The van der Waals surface area contributed by atoms with Gasteiger partial charge < -0.3 is 4.42 Å². The molecule has 0 fully saturated rings. The van der Waals surface area contributed by atoms with Crippen molar-refractivity contribution >= 4 is 32.8 Å². The summed E-state index contributed by atoms with van der Waals surface area (Å²) in [5.41, 5.74) is 1.27. The van der Waals surface area contributed by atoms with Crippen LogP contribution in [0.25, 0.3) is 11.1 Å². The number of Topliss-reactive ketones (excluding diaryl/α,β-unsaturated/α-hetero) is 1. The molecule has 2 aromatic rings. The van der Waals surface area contributed by atoms with Crippen LogP contribution >= 0.6 is 15.9 Å². The molecule has 0 bridgehead atoms. The van der Waals surface area contributed by atoms with E-state index in [2.05, 4.69) is 20.9 Å². The van der Waals surface area contributed by atoms with Crippen LogP contribution in [0, 0.1) is 11.3 Å². The van der Waals surface area contributed by atoms with Gasteiger partial charge in [-0.25, -0.2) is 4.98 Å². The highest BCUT2D eigenvalue weighted by molar-refractivity contribution is 9.09. The number of fused-ring (bicyclic) bond motifs is 1. The first-order valence-corrected chi connectivity index (χ1v) is 5.27. The van der Waals surface area contributed by atoms with Crippen molar-refractivity contribution in [3.63, 3.8) is 0 Å². The van der Waals surface area contributed by atoms with E-state index in [9.17, 15) is 4.79 Å². The summed E-state index contributed by atoms with van der Waals surface area (Å²) in [5.74, 6) is -0.209. The molecule has 0 saturated carbocycles. The fraction of sp³-hybridized carbons (Fsp3) is 0.100. The molecule has 74 valence electrons. The second-order valence-corrected chi connectivity index (χ2v) is 3.40. The van der Waals surface area contributed by atoms with E-state index in [1.807, 2.05) is 6.07 Å². The molecule has 0 aliphatic rings. The third-order valence-electron chi connectivity index (χ3n) is 1.90. The Labute approximate surface area is 93.6 Å². The summed E-state index contributed by atoms with van der Waals surface area (Å²) in [6, 6.07) is 7.00. The van der Waals surface area contributed by atoms with Crippen molar-refractivity contribution in [3.8, 4) is 6.07 Å². The molecule has 0 saturated heterocycles. The SMILES string of the molecule is N#Cc1cccc2nc(C(=O)CBr)oc12. The Hall–Kier alpha value is -1.67. The van der Waals surface area contributed by atoms with Gasteiger partial charge in [-0.15, -0.1) is 0 Å². The van der Waals surface area contributed by atoms with E-state index in [-0.39, 0.29) is 17.0 Å². The second-order valence-electron chi connectivity index (χ2n) is 2.84. The number of halogens is 1. The lowest BCUT2D eigenvalue weighted by atomic mass is 10.2. The minimum Gasteiger partial charge on any atom is -0.432 e. The maximum Gasteiger partial charge on any atom is 0.265 e. The van der Waals surface area contributed by atoms with E-state index in [4.69, 9.17) is 9.68 Å². The zero-order valence-electron chi connectivity index (χ0n) is 7.53. The number of ketones is 1. The van der Waals surface area contributed by atoms with Crippen LogP contribution in [0.1, 0.15) is 16.2 Å². The van der Waals surface area contributed by atoms with Gasteiger partial charge in [0.05, 0.1) is 10.9 Å². The first-order chi connectivity index (χ1) is 7.26. The van der Waals surface area contributed by atoms with Crippen LogP contribution < -0.4 is 0 Å². The highest BCUT2D eigenvalue weighted by atomic mass is 79.9. The number of nitriles is 1. The van der Waals surface area contributed by atoms with Gasteiger partial charge in [0.1, 0.15) is 11.6 Å². The van der Waals surface area contributed by atoms with E-state index in [1.165, 1.54) is 0 Å². The smallest absolute Gasteiger partial charge is 0.265 e. The van der Waals surface area contributed by atoms with Crippen LogP contribution in [0.4, 0.5) is 0 Å². The molecule has 2 rings (SSSR count). The van der Waals surface area contributed by atoms with Crippen LogP contribution in [0.15, 0.2) is 22.6 Å². The molecule has 0 unspecified atom stereocenters. The van der Waals surface area contributed by atoms with Crippen molar-refractivity contribution in [2.75, 3.05) is 5.33 Å². The van der Waals surface area contributed by atoms with E-state index in [0.29, 0.717) is 16.7 Å². The average molecular weight is 265 g/mol. The summed E-state index contributed by atoms with van der Waals surface area (Å²) in [7, 11) is 0. The first-order valence-electron chi connectivity index (χ1n) is 4.15. The number of rotatable bonds is 2. The Morgan fingerprint density at radius 2 is 2.40 bits per heavy atom. The summed E-state index contributed by atoms with van der Waals surface area (Å²) < 4.78 is 5.23. The number of carbonyl (C=O) groups excluding carboxylic acids is 1. The predicted molar refractivity (Wildman–Crippen MR) is 56.8 cm³/mol. The quantitative estimate of drug-likeness (QED) is 0.617. The molecule has 0 atom stereocenters. The van der Waals surface area contributed by atoms with Crippen LogP contribution in [-0.4, -0.2) is 16.1 Å². The predicted octanol–water partition coefficient (Wildman–Crippen LogP) is 2.28. The standard InChI is InChI=1S/C10H5BrN2O2/c11-4-8(14)10-13-7-3-1-2-6(5-12)9(7)15-10/h1-3H,4H2. The number of aromatic nitrogens is 1. The lowest BCUT2D eigenvalue weighted by Crippen LogP contribution is -1.99. The summed E-state index contributed by atoms with van der Waals surface area (Å²) >= 11 is 3.03. The molecule has 4 nitrogen and oxygen atoms in total. The van der Waals surface area contributed by atoms with Crippen LogP contribution in [0.2, 0.25) is 0 Å². The van der Waals surface area contributed by atoms with E-state index >= 15 is 0 Å². The Balaban J connectivity index is 2.66. The molecule has 5 heteroatoms. The van der Waals surface area contributed by atoms with Gasteiger partial charge in [-0.05, 0) is 12.1 Å². The number of benzene rings is 1. The highest BCUT2D eigenvalue weighted by Crippen LogP contribution is 2.19. The summed E-state index contributed by atoms with van der Waals surface area (Å²) in [6.45, 7) is 0. The molecule has 1 aromatic heterocycles. The number of oxazole rings is 1. The van der Waals surface area contributed by atoms with Crippen molar-refractivity contribution in [1.82, 2.24) is 4.98 Å². The molecular formula is C10H5BrN2O2. The van der Waals surface area contributed by atoms with E-state index in [1.54, 1.807) is 18.2 Å². The normalized spacial score (nSPS) is 10.1. The Kier molecular flexibility index (Phi) is 2.52. The van der Waals surface area contributed by atoms with Gasteiger partial charge in [0.25, 0.3) is 5.89 Å². The Morgan fingerprint density at radius 3 is 3.07 bits per heavy atom. The highest BCUT2D eigenvalue weighted by Gasteiger charge is 2.14. The molecule has 0 N–H and O–H groups in total. The van der Waals surface area contributed by atoms with Gasteiger partial charge in [0, 0.05) is 0 Å². The molecule has 0 radical (unpaired) electrons. The van der Waals surface area contributed by atoms with Crippen molar-refractivity contribution in [2.24, 2.45) is 0 Å². The summed E-state index contributed by atoms with van der Waals surface area (Å²) in [5, 5.41) is 8.96. The zero-order chi connectivity index (χ0) is 10.8. The van der Waals surface area contributed by atoms with E-state index in [0.717, 1.165) is 0 Å². The minimum atomic E-state index is -0.241. The second kappa shape index (κ2) is 3.83. The van der Waals surface area contributed by atoms with Gasteiger partial charge in [-0.1, -0.05) is 22.0 Å². The topological polar surface area (TPSA) is 66.9 Å². The molecule has 0 spiro atoms. The van der Waals surface area contributed by atoms with Crippen LogP contribution in [0.3, 0.4) is 0 Å². The molecule has 1 heterocycles. The van der Waals surface area contributed by atoms with Gasteiger partial charge in [0.15, 0.2) is 5.58 Å². The number of nitrogens with zero attached hydrogens (tertiary/aromatic N) is 2. The van der Waals surface area contributed by atoms with Crippen molar-refractivity contribution in [1.29, 1.82) is 5.26 Å². The summed E-state index contributed by atoms with van der Waals surface area (Å²) in [4.78, 5) is 15.3. The van der Waals surface area contributed by atoms with Gasteiger partial charge in [0.2, 0.25) is 5.78 Å². The Morgan fingerprint density at radius 1 is 1.60 bits per heavy atom. The van der Waals surface area contributed by atoms with Gasteiger partial charge in [-0.3, -0.25) is 4.79 Å². The largest absolute Gasteiger partial charge is 0.432 e. The Bertz CT molecular complexity index is 568. The molecular weight excluding hydrogens is 260 g/mol. The average Bonchev–Trinajstić information content (AvgIpc) is 2.71. The third-order valence-corrected chi connectivity index (χ3v) is 2.40. The fourth-order valence-corrected chi connectivity index (χ4v) is 1.45. The number of hydrogen-bond donors (Lipinski definition) is 0. The number of carbonyl (C=O) groups is 1. The zero-order valence-corrected chi connectivity index (χ0v) is 9.11. The molecule has 1 aromatic carbocycles.